The first-order chi connectivity index (χ1) is 20.5. The Labute approximate surface area is 252 Å². The molecule has 0 unspecified atom stereocenters. The lowest BCUT2D eigenvalue weighted by Crippen LogP contribution is -2.52. The quantitative estimate of drug-likeness (QED) is 0.282. The van der Waals surface area contributed by atoms with Gasteiger partial charge >= 0.3 is 10.2 Å². The van der Waals surface area contributed by atoms with E-state index in [9.17, 15) is 55.9 Å². The molecule has 0 spiro atoms. The predicted molar refractivity (Wildman–Crippen MR) is 147 cm³/mol. The molecular weight excluding hydrogens is 662 g/mol. The van der Waals surface area contributed by atoms with Crippen LogP contribution < -0.4 is 10.2 Å². The summed E-state index contributed by atoms with van der Waals surface area (Å²) in [7, 11) is -14.0. The van der Waals surface area contributed by atoms with Crippen LogP contribution in [0.2, 0.25) is 0 Å². The summed E-state index contributed by atoms with van der Waals surface area (Å²) in [4.78, 5) is 30.6. The van der Waals surface area contributed by atoms with E-state index < -0.39 is 103 Å². The van der Waals surface area contributed by atoms with Gasteiger partial charge in [-0.25, -0.2) is 21.6 Å². The average Bonchev–Trinajstić information content (AvgIpc) is 3.37. The summed E-state index contributed by atoms with van der Waals surface area (Å²) in [5, 5.41) is 10.9. The van der Waals surface area contributed by atoms with Crippen molar-refractivity contribution in [3.05, 3.63) is 54.1 Å². The fourth-order valence-corrected chi connectivity index (χ4v) is 6.95. The van der Waals surface area contributed by atoms with Crippen molar-refractivity contribution in [1.82, 2.24) is 15.2 Å². The lowest BCUT2D eigenvalue weighted by Gasteiger charge is -2.41. The topological polar surface area (TPSA) is 123 Å². The second kappa shape index (κ2) is 11.0. The molecule has 1 N–H and O–H groups in total. The van der Waals surface area contributed by atoms with Gasteiger partial charge in [0.25, 0.3) is 5.91 Å². The number of carbonyl (C=O) groups excluding carboxylic acids is 2. The highest BCUT2D eigenvalue weighted by molar-refractivity contribution is 8.45. The van der Waals surface area contributed by atoms with Crippen LogP contribution in [0, 0.1) is 17.3 Å². The van der Waals surface area contributed by atoms with E-state index in [1.807, 2.05) is 0 Å². The smallest absolute Gasteiger partial charge is 0.310 e. The van der Waals surface area contributed by atoms with Crippen LogP contribution in [0.4, 0.5) is 38.3 Å². The number of aromatic nitrogens is 1. The first-order valence-corrected chi connectivity index (χ1v) is 17.2. The van der Waals surface area contributed by atoms with Crippen LogP contribution in [0.3, 0.4) is 0 Å². The number of hydrogen-bond donors (Lipinski definition) is 1. The van der Waals surface area contributed by atoms with Gasteiger partial charge in [0.05, 0.1) is 11.4 Å². The van der Waals surface area contributed by atoms with E-state index in [-0.39, 0.29) is 30.5 Å². The van der Waals surface area contributed by atoms with Gasteiger partial charge in [-0.15, -0.1) is 0 Å². The molecule has 2 fully saturated rings. The van der Waals surface area contributed by atoms with Gasteiger partial charge in [0.1, 0.15) is 22.8 Å². The number of halogens is 8. The van der Waals surface area contributed by atoms with E-state index in [0.717, 1.165) is 29.6 Å². The van der Waals surface area contributed by atoms with E-state index in [0.29, 0.717) is 17.0 Å². The average molecular weight is 690 g/mol. The summed E-state index contributed by atoms with van der Waals surface area (Å²) in [6.07, 6.45) is 2.16. The summed E-state index contributed by atoms with van der Waals surface area (Å²) in [6.45, 7) is -0.447. The van der Waals surface area contributed by atoms with Crippen molar-refractivity contribution < 1.29 is 50.6 Å². The van der Waals surface area contributed by atoms with Gasteiger partial charge in [-0.3, -0.25) is 24.4 Å². The molecule has 1 aromatic heterocycles. The number of benzene rings is 1. The van der Waals surface area contributed by atoms with E-state index in [1.54, 1.807) is 6.19 Å². The van der Waals surface area contributed by atoms with Gasteiger partial charge in [-0.1, -0.05) is 19.4 Å². The van der Waals surface area contributed by atoms with Crippen LogP contribution >= 0.6 is 10.2 Å². The van der Waals surface area contributed by atoms with Crippen molar-refractivity contribution >= 4 is 37.6 Å². The lowest BCUT2D eigenvalue weighted by atomic mass is 9.91. The molecule has 9 nitrogen and oxygen atoms in total. The zero-order valence-corrected chi connectivity index (χ0v) is 25.0. The summed E-state index contributed by atoms with van der Waals surface area (Å²) in [6, 6.07) is -2.76. The summed E-state index contributed by atoms with van der Waals surface area (Å²) in [5.74, 6) is -6.31. The highest BCUT2D eigenvalue weighted by Crippen LogP contribution is 3.02. The van der Waals surface area contributed by atoms with E-state index >= 15 is 0 Å². The predicted octanol–water partition coefficient (Wildman–Crippen LogP) is 5.62. The fourth-order valence-electron chi connectivity index (χ4n) is 5.34. The molecule has 4 rings (SSSR count). The number of hydrogen-bond acceptors (Lipinski definition) is 7. The van der Waals surface area contributed by atoms with Crippen LogP contribution in [0.15, 0.2) is 47.6 Å². The standard InChI is InChI=1S/C26H27F8N5O4S2/c1-44(42,43)20-11-22(38(14-20)15-35)25(41)39(19-2-4-21(5-3-19)45(30,31,32,33)34)23(16-10-17(27)13-36-12-16)24(40)37-18-6-8-26(28,29)9-7-18/h2-5,10,12-13,18,20,22-23H,6-9,11,14H2,1H3,(H,37,40)/t20-,22+,23+/m0/s1. The van der Waals surface area contributed by atoms with Gasteiger partial charge < -0.3 is 5.32 Å². The Bertz CT molecular complexity index is 1630. The van der Waals surface area contributed by atoms with Crippen molar-refractivity contribution in [2.24, 2.45) is 0 Å². The normalized spacial score (nSPS) is 22.9. The molecule has 2 aromatic rings. The van der Waals surface area contributed by atoms with Crippen LogP contribution in [0.25, 0.3) is 0 Å². The fraction of sp³-hybridized carbons (Fsp3) is 0.462. The highest BCUT2D eigenvalue weighted by atomic mass is 32.5. The Hall–Kier alpha value is -3.66. The molecule has 1 aliphatic carbocycles. The SMILES string of the molecule is CS(=O)(=O)[C@H]1C[C@H](C(=O)N(c2ccc(S(F)(F)(F)(F)F)cc2)[C@@H](C(=O)NC2CCC(F)(F)CC2)c2cncc(F)c2)N(C#N)C1. The maximum absolute atomic E-state index is 14.4. The van der Waals surface area contributed by atoms with Crippen molar-refractivity contribution in [2.75, 3.05) is 17.7 Å². The molecule has 248 valence electrons. The van der Waals surface area contributed by atoms with E-state index in [2.05, 4.69) is 10.3 Å². The monoisotopic (exact) mass is 689 g/mol. The zero-order chi connectivity index (χ0) is 33.7. The number of anilines is 1. The number of nitriles is 1. The molecule has 0 radical (unpaired) electrons. The van der Waals surface area contributed by atoms with Crippen LogP contribution in [0.5, 0.6) is 0 Å². The molecule has 19 heteroatoms. The third-order valence-electron chi connectivity index (χ3n) is 7.69. The number of rotatable bonds is 8. The Morgan fingerprint density at radius 2 is 1.71 bits per heavy atom. The Morgan fingerprint density at radius 3 is 2.22 bits per heavy atom. The third-order valence-corrected chi connectivity index (χ3v) is 10.4. The molecule has 45 heavy (non-hydrogen) atoms. The minimum absolute atomic E-state index is 0.0187. The van der Waals surface area contributed by atoms with Gasteiger partial charge in [-0.2, -0.15) is 5.26 Å². The van der Waals surface area contributed by atoms with E-state index in [1.165, 1.54) is 0 Å². The first kappa shape index (κ1) is 34.2. The number of sulfone groups is 1. The largest absolute Gasteiger partial charge is 0.351 e. The number of nitrogens with one attached hydrogen (secondary N) is 1. The number of nitrogens with zero attached hydrogens (tertiary/aromatic N) is 4. The molecule has 3 atom stereocenters. The molecule has 0 bridgehead atoms. The minimum atomic E-state index is -10.2. The van der Waals surface area contributed by atoms with Crippen LogP contribution in [-0.2, 0) is 19.4 Å². The number of alkyl halides is 2. The zero-order valence-electron chi connectivity index (χ0n) is 23.4. The minimum Gasteiger partial charge on any atom is -0.351 e. The van der Waals surface area contributed by atoms with Gasteiger partial charge in [0.15, 0.2) is 16.0 Å². The van der Waals surface area contributed by atoms with Gasteiger partial charge in [-0.05, 0) is 49.6 Å². The Morgan fingerprint density at radius 1 is 1.11 bits per heavy atom. The molecule has 1 aliphatic heterocycles. The Balaban J connectivity index is 1.85. The number of carbonyl (C=O) groups is 2. The molecule has 2 aliphatic rings. The van der Waals surface area contributed by atoms with Gasteiger partial charge in [0.2, 0.25) is 11.8 Å². The van der Waals surface area contributed by atoms with Crippen molar-refractivity contribution in [2.45, 2.75) is 66.3 Å². The second-order valence-electron chi connectivity index (χ2n) is 11.1. The van der Waals surface area contributed by atoms with Crippen molar-refractivity contribution in [3.8, 4) is 6.19 Å². The maximum atomic E-state index is 14.4. The molecule has 1 aromatic carbocycles. The molecule has 2 amide bonds. The summed E-state index contributed by atoms with van der Waals surface area (Å²) < 4.78 is 134. The second-order valence-corrected chi connectivity index (χ2v) is 15.8. The van der Waals surface area contributed by atoms with Crippen LogP contribution in [0.1, 0.15) is 43.7 Å². The lowest BCUT2D eigenvalue weighted by molar-refractivity contribution is -0.129. The maximum Gasteiger partial charge on any atom is 0.310 e. The van der Waals surface area contributed by atoms with Crippen molar-refractivity contribution in [3.63, 3.8) is 0 Å². The summed E-state index contributed by atoms with van der Waals surface area (Å²) in [5.41, 5.74) is -0.925. The molecule has 2 heterocycles. The van der Waals surface area contributed by atoms with Crippen LogP contribution in [-0.4, -0.2) is 66.2 Å². The number of likely N-dealkylation sites (tertiary alicyclic amines) is 1. The van der Waals surface area contributed by atoms with Gasteiger partial charge in [0, 0.05) is 49.1 Å². The highest BCUT2D eigenvalue weighted by Gasteiger charge is 2.65. The number of amides is 2. The summed E-state index contributed by atoms with van der Waals surface area (Å²) >= 11 is 0. The Kier molecular flexibility index (Phi) is 8.36. The molecule has 1 saturated carbocycles. The molecular formula is C26H27F8N5O4S2. The van der Waals surface area contributed by atoms with E-state index in [4.69, 9.17) is 0 Å². The van der Waals surface area contributed by atoms with Crippen molar-refractivity contribution in [1.29, 1.82) is 5.26 Å². The number of pyridine rings is 1. The third kappa shape index (κ3) is 7.95. The molecule has 1 saturated heterocycles. The first-order valence-electron chi connectivity index (χ1n) is 13.3.